The van der Waals surface area contributed by atoms with Gasteiger partial charge in [-0.3, -0.25) is 4.90 Å². The second kappa shape index (κ2) is 5.89. The summed E-state index contributed by atoms with van der Waals surface area (Å²) in [6.07, 6.45) is 0. The molecule has 0 unspecified atom stereocenters. The van der Waals surface area contributed by atoms with Gasteiger partial charge in [-0.1, -0.05) is 0 Å². The molecule has 2 N–H and O–H groups in total. The third-order valence-electron chi connectivity index (χ3n) is 3.31. The number of benzene rings is 1. The highest BCUT2D eigenvalue weighted by molar-refractivity contribution is 5.55. The van der Waals surface area contributed by atoms with E-state index in [0.29, 0.717) is 0 Å². The monoisotopic (exact) mass is 235 g/mol. The van der Waals surface area contributed by atoms with Crippen LogP contribution in [-0.2, 0) is 0 Å². The Labute approximate surface area is 103 Å². The summed E-state index contributed by atoms with van der Waals surface area (Å²) < 4.78 is 0. The van der Waals surface area contributed by atoms with Gasteiger partial charge in [0, 0.05) is 51.1 Å². The van der Waals surface area contributed by atoms with Gasteiger partial charge in [-0.25, -0.2) is 0 Å². The van der Waals surface area contributed by atoms with Gasteiger partial charge >= 0.3 is 0 Å². The van der Waals surface area contributed by atoms with Crippen molar-refractivity contribution >= 4 is 11.4 Å². The molecule has 0 radical (unpaired) electrons. The summed E-state index contributed by atoms with van der Waals surface area (Å²) in [6, 6.07) is 8.53. The van der Waals surface area contributed by atoms with E-state index in [1.807, 2.05) is 7.05 Å². The van der Waals surface area contributed by atoms with Crippen molar-refractivity contribution in [1.29, 1.82) is 0 Å². The number of rotatable bonds is 4. The minimum atomic E-state index is 0.261. The smallest absolute Gasteiger partial charge is 0.0558 e. The van der Waals surface area contributed by atoms with E-state index in [-0.39, 0.29) is 6.61 Å². The first-order valence-electron chi connectivity index (χ1n) is 6.19. The van der Waals surface area contributed by atoms with Gasteiger partial charge < -0.3 is 15.3 Å². The van der Waals surface area contributed by atoms with Gasteiger partial charge in [0.1, 0.15) is 0 Å². The highest BCUT2D eigenvalue weighted by Crippen LogP contribution is 2.19. The topological polar surface area (TPSA) is 38.7 Å². The van der Waals surface area contributed by atoms with Crippen LogP contribution in [0.15, 0.2) is 24.3 Å². The van der Waals surface area contributed by atoms with Gasteiger partial charge in [-0.2, -0.15) is 0 Å². The number of anilines is 2. The SMILES string of the molecule is CNc1ccc(N2CCN(CCO)CC2)cc1. The van der Waals surface area contributed by atoms with Crippen molar-refractivity contribution in [1.82, 2.24) is 4.90 Å². The lowest BCUT2D eigenvalue weighted by molar-refractivity contribution is 0.189. The number of nitrogens with one attached hydrogen (secondary N) is 1. The summed E-state index contributed by atoms with van der Waals surface area (Å²) in [7, 11) is 1.93. The molecular formula is C13H21N3O. The molecule has 1 heterocycles. The average Bonchev–Trinajstić information content (AvgIpc) is 2.40. The first-order valence-corrected chi connectivity index (χ1v) is 6.19. The van der Waals surface area contributed by atoms with Crippen LogP contribution in [0, 0.1) is 0 Å². The molecule has 1 aliphatic heterocycles. The van der Waals surface area contributed by atoms with Crippen LogP contribution in [0.25, 0.3) is 0 Å². The van der Waals surface area contributed by atoms with Crippen LogP contribution in [0.5, 0.6) is 0 Å². The summed E-state index contributed by atoms with van der Waals surface area (Å²) in [5.74, 6) is 0. The van der Waals surface area contributed by atoms with Gasteiger partial charge in [0.15, 0.2) is 0 Å². The molecule has 1 saturated heterocycles. The van der Waals surface area contributed by atoms with E-state index in [9.17, 15) is 0 Å². The fraction of sp³-hybridized carbons (Fsp3) is 0.538. The fourth-order valence-corrected chi connectivity index (χ4v) is 2.21. The maximum Gasteiger partial charge on any atom is 0.0558 e. The fourth-order valence-electron chi connectivity index (χ4n) is 2.21. The Morgan fingerprint density at radius 1 is 1.12 bits per heavy atom. The molecule has 1 aliphatic rings. The van der Waals surface area contributed by atoms with E-state index in [4.69, 9.17) is 5.11 Å². The maximum atomic E-state index is 8.90. The molecule has 0 amide bonds. The van der Waals surface area contributed by atoms with Gasteiger partial charge in [0.2, 0.25) is 0 Å². The predicted octanol–water partition coefficient (Wildman–Crippen LogP) is 0.843. The van der Waals surface area contributed by atoms with E-state index in [2.05, 4.69) is 39.4 Å². The summed E-state index contributed by atoms with van der Waals surface area (Å²) in [6.45, 7) is 5.21. The Balaban J connectivity index is 1.91. The maximum absolute atomic E-state index is 8.90. The molecule has 1 aromatic rings. The summed E-state index contributed by atoms with van der Waals surface area (Å²) in [5, 5.41) is 12.0. The van der Waals surface area contributed by atoms with Crippen LogP contribution in [0.1, 0.15) is 0 Å². The van der Waals surface area contributed by atoms with E-state index in [1.54, 1.807) is 0 Å². The van der Waals surface area contributed by atoms with Crippen molar-refractivity contribution in [3.63, 3.8) is 0 Å². The lowest BCUT2D eigenvalue weighted by atomic mass is 10.2. The number of piperazine rings is 1. The van der Waals surface area contributed by atoms with Gasteiger partial charge in [-0.15, -0.1) is 0 Å². The van der Waals surface area contributed by atoms with Crippen LogP contribution < -0.4 is 10.2 Å². The number of hydrogen-bond acceptors (Lipinski definition) is 4. The quantitative estimate of drug-likeness (QED) is 0.811. The molecule has 0 aliphatic carbocycles. The zero-order valence-corrected chi connectivity index (χ0v) is 10.4. The lowest BCUT2D eigenvalue weighted by Crippen LogP contribution is -2.47. The molecule has 0 atom stereocenters. The molecule has 94 valence electrons. The van der Waals surface area contributed by atoms with Crippen LogP contribution in [0.4, 0.5) is 11.4 Å². The van der Waals surface area contributed by atoms with Gasteiger partial charge in [-0.05, 0) is 24.3 Å². The Morgan fingerprint density at radius 2 is 1.76 bits per heavy atom. The molecule has 2 rings (SSSR count). The number of hydrogen-bond donors (Lipinski definition) is 2. The highest BCUT2D eigenvalue weighted by atomic mass is 16.3. The zero-order valence-electron chi connectivity index (χ0n) is 10.4. The molecule has 0 aromatic heterocycles. The standard InChI is InChI=1S/C13H21N3O/c1-14-12-2-4-13(5-3-12)16-8-6-15(7-9-16)10-11-17/h2-5,14,17H,6-11H2,1H3. The Bertz CT molecular complexity index is 331. The molecule has 17 heavy (non-hydrogen) atoms. The Kier molecular flexibility index (Phi) is 4.23. The summed E-state index contributed by atoms with van der Waals surface area (Å²) in [5.41, 5.74) is 2.43. The number of nitrogens with zero attached hydrogens (tertiary/aromatic N) is 2. The van der Waals surface area contributed by atoms with Crippen molar-refractivity contribution < 1.29 is 5.11 Å². The molecular weight excluding hydrogens is 214 g/mol. The molecule has 4 nitrogen and oxygen atoms in total. The van der Waals surface area contributed by atoms with Crippen molar-refractivity contribution in [3.05, 3.63) is 24.3 Å². The summed E-state index contributed by atoms with van der Waals surface area (Å²) in [4.78, 5) is 4.70. The molecule has 0 spiro atoms. The van der Waals surface area contributed by atoms with E-state index >= 15 is 0 Å². The predicted molar refractivity (Wildman–Crippen MR) is 71.7 cm³/mol. The lowest BCUT2D eigenvalue weighted by Gasteiger charge is -2.35. The minimum absolute atomic E-state index is 0.261. The molecule has 0 bridgehead atoms. The third kappa shape index (κ3) is 3.11. The second-order valence-corrected chi connectivity index (χ2v) is 4.35. The van der Waals surface area contributed by atoms with E-state index in [0.717, 1.165) is 38.4 Å². The van der Waals surface area contributed by atoms with Crippen LogP contribution in [0.3, 0.4) is 0 Å². The average molecular weight is 235 g/mol. The van der Waals surface area contributed by atoms with Crippen molar-refractivity contribution in [2.24, 2.45) is 0 Å². The van der Waals surface area contributed by atoms with E-state index < -0.39 is 0 Å². The molecule has 1 fully saturated rings. The largest absolute Gasteiger partial charge is 0.395 e. The van der Waals surface area contributed by atoms with Crippen molar-refractivity contribution in [2.75, 3.05) is 56.6 Å². The van der Waals surface area contributed by atoms with E-state index in [1.165, 1.54) is 5.69 Å². The number of β-amino-alcohol motifs (C(OH)–C–C–N with tert-alkyl or cyclic N) is 1. The first kappa shape index (κ1) is 12.2. The Hall–Kier alpha value is -1.26. The molecule has 4 heteroatoms. The van der Waals surface area contributed by atoms with Crippen LogP contribution >= 0.6 is 0 Å². The summed E-state index contributed by atoms with van der Waals surface area (Å²) >= 11 is 0. The first-order chi connectivity index (χ1) is 8.33. The minimum Gasteiger partial charge on any atom is -0.395 e. The second-order valence-electron chi connectivity index (χ2n) is 4.35. The Morgan fingerprint density at radius 3 is 2.29 bits per heavy atom. The number of aliphatic hydroxyl groups excluding tert-OH is 1. The number of aliphatic hydroxyl groups is 1. The molecule has 1 aromatic carbocycles. The zero-order chi connectivity index (χ0) is 12.1. The molecule has 0 saturated carbocycles. The normalized spacial score (nSPS) is 17.2. The van der Waals surface area contributed by atoms with Crippen LogP contribution in [0.2, 0.25) is 0 Å². The van der Waals surface area contributed by atoms with Crippen molar-refractivity contribution in [2.45, 2.75) is 0 Å². The van der Waals surface area contributed by atoms with Crippen molar-refractivity contribution in [3.8, 4) is 0 Å². The third-order valence-corrected chi connectivity index (χ3v) is 3.31. The van der Waals surface area contributed by atoms with Gasteiger partial charge in [0.25, 0.3) is 0 Å². The van der Waals surface area contributed by atoms with Crippen LogP contribution in [-0.4, -0.2) is 56.4 Å². The highest BCUT2D eigenvalue weighted by Gasteiger charge is 2.16. The van der Waals surface area contributed by atoms with Gasteiger partial charge in [0.05, 0.1) is 6.61 Å².